The first-order chi connectivity index (χ1) is 7.54. The zero-order chi connectivity index (χ0) is 12.1. The maximum Gasteiger partial charge on any atom is 0.253 e. The second kappa shape index (κ2) is 5.80. The van der Waals surface area contributed by atoms with Gasteiger partial charge in [0.1, 0.15) is 5.75 Å². The lowest BCUT2D eigenvalue weighted by Crippen LogP contribution is -2.34. The summed E-state index contributed by atoms with van der Waals surface area (Å²) in [5.41, 5.74) is 0.937. The van der Waals surface area contributed by atoms with Gasteiger partial charge in [-0.25, -0.2) is 8.78 Å². The maximum absolute atomic E-state index is 12.4. The molecule has 1 N–H and O–H groups in total. The Balaban J connectivity index is 2.68. The summed E-state index contributed by atoms with van der Waals surface area (Å²) in [7, 11) is 1.58. The van der Waals surface area contributed by atoms with E-state index in [-0.39, 0.29) is 6.04 Å². The lowest BCUT2D eigenvalue weighted by molar-refractivity contribution is 0.101. The van der Waals surface area contributed by atoms with Crippen LogP contribution in [-0.4, -0.2) is 19.6 Å². The van der Waals surface area contributed by atoms with Gasteiger partial charge in [0.05, 0.1) is 13.2 Å². The van der Waals surface area contributed by atoms with Gasteiger partial charge >= 0.3 is 0 Å². The highest BCUT2D eigenvalue weighted by atomic mass is 19.3. The number of rotatable bonds is 5. The molecule has 1 aromatic carbocycles. The highest BCUT2D eigenvalue weighted by molar-refractivity contribution is 5.30. The molecule has 0 saturated heterocycles. The normalized spacial score (nSPS) is 14.9. The average molecular weight is 229 g/mol. The molecule has 2 atom stereocenters. The Hall–Kier alpha value is -1.16. The molecule has 0 aromatic heterocycles. The summed E-state index contributed by atoms with van der Waals surface area (Å²) in [6.07, 6.45) is -2.35. The number of hydrogen-bond donors (Lipinski definition) is 1. The van der Waals surface area contributed by atoms with Crippen LogP contribution in [-0.2, 0) is 0 Å². The van der Waals surface area contributed by atoms with Crippen molar-refractivity contribution in [3.8, 4) is 5.75 Å². The molecule has 4 heteroatoms. The van der Waals surface area contributed by atoms with Gasteiger partial charge in [0.15, 0.2) is 0 Å². The highest BCUT2D eigenvalue weighted by Gasteiger charge is 2.17. The van der Waals surface area contributed by atoms with Crippen LogP contribution < -0.4 is 10.1 Å². The van der Waals surface area contributed by atoms with Gasteiger partial charge in [-0.3, -0.25) is 0 Å². The molecular weight excluding hydrogens is 212 g/mol. The molecule has 0 aliphatic heterocycles. The zero-order valence-electron chi connectivity index (χ0n) is 9.71. The number of halogens is 2. The summed E-state index contributed by atoms with van der Waals surface area (Å²) in [4.78, 5) is 0. The summed E-state index contributed by atoms with van der Waals surface area (Å²) in [5, 5.41) is 2.84. The standard InChI is InChI=1S/C12H17F2NO/c1-8(15-9(2)12(13)14)10-5-4-6-11(7-10)16-3/h4-9,12,15H,1-3H3. The van der Waals surface area contributed by atoms with Crippen LogP contribution in [0.3, 0.4) is 0 Å². The van der Waals surface area contributed by atoms with Gasteiger partial charge in [-0.05, 0) is 31.5 Å². The fraction of sp³-hybridized carbons (Fsp3) is 0.500. The molecule has 0 aliphatic carbocycles. The van der Waals surface area contributed by atoms with Crippen LogP contribution in [0.25, 0.3) is 0 Å². The summed E-state index contributed by atoms with van der Waals surface area (Å²) < 4.78 is 29.8. The van der Waals surface area contributed by atoms with E-state index < -0.39 is 12.5 Å². The molecule has 2 nitrogen and oxygen atoms in total. The topological polar surface area (TPSA) is 21.3 Å². The Morgan fingerprint density at radius 1 is 1.25 bits per heavy atom. The summed E-state index contributed by atoms with van der Waals surface area (Å²) in [6, 6.07) is 6.46. The molecule has 1 aromatic rings. The third-order valence-corrected chi connectivity index (χ3v) is 2.48. The van der Waals surface area contributed by atoms with E-state index in [1.807, 2.05) is 31.2 Å². The third kappa shape index (κ3) is 3.45. The minimum atomic E-state index is -2.35. The van der Waals surface area contributed by atoms with Crippen molar-refractivity contribution in [2.24, 2.45) is 0 Å². The van der Waals surface area contributed by atoms with E-state index in [2.05, 4.69) is 5.32 Å². The number of ether oxygens (including phenoxy) is 1. The first-order valence-electron chi connectivity index (χ1n) is 5.22. The monoisotopic (exact) mass is 229 g/mol. The highest BCUT2D eigenvalue weighted by Crippen LogP contribution is 2.19. The van der Waals surface area contributed by atoms with Crippen molar-refractivity contribution in [1.29, 1.82) is 0 Å². The first-order valence-corrected chi connectivity index (χ1v) is 5.22. The number of hydrogen-bond acceptors (Lipinski definition) is 2. The molecule has 0 radical (unpaired) electrons. The Labute approximate surface area is 94.6 Å². The number of nitrogens with one attached hydrogen (secondary N) is 1. The fourth-order valence-electron chi connectivity index (χ4n) is 1.47. The quantitative estimate of drug-likeness (QED) is 0.838. The van der Waals surface area contributed by atoms with Crippen molar-refractivity contribution in [3.63, 3.8) is 0 Å². The predicted octanol–water partition coefficient (Wildman–Crippen LogP) is 3.00. The Morgan fingerprint density at radius 2 is 1.94 bits per heavy atom. The molecular formula is C12H17F2NO. The molecule has 0 bridgehead atoms. The molecule has 0 amide bonds. The van der Waals surface area contributed by atoms with Gasteiger partial charge in [0.2, 0.25) is 0 Å². The van der Waals surface area contributed by atoms with Gasteiger partial charge < -0.3 is 10.1 Å². The largest absolute Gasteiger partial charge is 0.497 e. The second-order valence-corrected chi connectivity index (χ2v) is 3.79. The predicted molar refractivity (Wildman–Crippen MR) is 60.0 cm³/mol. The Bertz CT molecular complexity index is 331. The summed E-state index contributed by atoms with van der Waals surface area (Å²) >= 11 is 0. The number of alkyl halides is 2. The van der Waals surface area contributed by atoms with Crippen molar-refractivity contribution in [3.05, 3.63) is 29.8 Å². The van der Waals surface area contributed by atoms with Crippen LogP contribution in [0.15, 0.2) is 24.3 Å². The minimum absolute atomic E-state index is 0.126. The van der Waals surface area contributed by atoms with Crippen molar-refractivity contribution < 1.29 is 13.5 Å². The molecule has 1 rings (SSSR count). The third-order valence-electron chi connectivity index (χ3n) is 2.48. The lowest BCUT2D eigenvalue weighted by Gasteiger charge is -2.20. The van der Waals surface area contributed by atoms with Gasteiger partial charge in [-0.2, -0.15) is 0 Å². The molecule has 0 saturated carbocycles. The van der Waals surface area contributed by atoms with Gasteiger partial charge in [-0.15, -0.1) is 0 Å². The molecule has 0 heterocycles. The first kappa shape index (κ1) is 12.9. The van der Waals surface area contributed by atoms with Crippen LogP contribution in [0.4, 0.5) is 8.78 Å². The van der Waals surface area contributed by atoms with Crippen molar-refractivity contribution >= 4 is 0 Å². The van der Waals surface area contributed by atoms with Crippen LogP contribution in [0.1, 0.15) is 25.5 Å². The van der Waals surface area contributed by atoms with E-state index in [1.54, 1.807) is 7.11 Å². The molecule has 0 spiro atoms. The molecule has 90 valence electrons. The summed E-state index contributed by atoms with van der Waals surface area (Å²) in [5.74, 6) is 0.732. The van der Waals surface area contributed by atoms with Crippen LogP contribution in [0.5, 0.6) is 5.75 Å². The molecule has 0 aliphatic rings. The number of methoxy groups -OCH3 is 1. The average Bonchev–Trinajstić information content (AvgIpc) is 2.28. The zero-order valence-corrected chi connectivity index (χ0v) is 9.71. The van der Waals surface area contributed by atoms with Crippen LogP contribution in [0.2, 0.25) is 0 Å². The van der Waals surface area contributed by atoms with Crippen molar-refractivity contribution in [2.75, 3.05) is 7.11 Å². The lowest BCUT2D eigenvalue weighted by atomic mass is 10.1. The van der Waals surface area contributed by atoms with Gasteiger partial charge in [0, 0.05) is 6.04 Å². The van der Waals surface area contributed by atoms with Crippen LogP contribution in [0, 0.1) is 0 Å². The van der Waals surface area contributed by atoms with Crippen LogP contribution >= 0.6 is 0 Å². The van der Waals surface area contributed by atoms with Gasteiger partial charge in [-0.1, -0.05) is 12.1 Å². The van der Waals surface area contributed by atoms with E-state index in [9.17, 15) is 8.78 Å². The van der Waals surface area contributed by atoms with E-state index in [0.29, 0.717) is 0 Å². The van der Waals surface area contributed by atoms with E-state index >= 15 is 0 Å². The van der Waals surface area contributed by atoms with E-state index in [4.69, 9.17) is 4.74 Å². The minimum Gasteiger partial charge on any atom is -0.497 e. The Morgan fingerprint density at radius 3 is 2.50 bits per heavy atom. The number of benzene rings is 1. The van der Waals surface area contributed by atoms with Crippen molar-refractivity contribution in [1.82, 2.24) is 5.32 Å². The molecule has 2 unspecified atom stereocenters. The smallest absolute Gasteiger partial charge is 0.253 e. The summed E-state index contributed by atoms with van der Waals surface area (Å²) in [6.45, 7) is 3.33. The SMILES string of the molecule is COc1cccc(C(C)NC(C)C(F)F)c1. The maximum atomic E-state index is 12.4. The Kier molecular flexibility index (Phi) is 4.68. The molecule has 16 heavy (non-hydrogen) atoms. The molecule has 0 fully saturated rings. The van der Waals surface area contributed by atoms with E-state index in [0.717, 1.165) is 11.3 Å². The van der Waals surface area contributed by atoms with E-state index in [1.165, 1.54) is 6.92 Å². The second-order valence-electron chi connectivity index (χ2n) is 3.79. The van der Waals surface area contributed by atoms with Crippen molar-refractivity contribution in [2.45, 2.75) is 32.4 Å². The van der Waals surface area contributed by atoms with Gasteiger partial charge in [0.25, 0.3) is 6.43 Å². The fourth-order valence-corrected chi connectivity index (χ4v) is 1.47.